The first-order chi connectivity index (χ1) is 10.3. The van der Waals surface area contributed by atoms with E-state index in [1.54, 1.807) is 6.92 Å². The van der Waals surface area contributed by atoms with E-state index in [-0.39, 0.29) is 13.0 Å². The predicted molar refractivity (Wildman–Crippen MR) is 75.9 cm³/mol. The fourth-order valence-corrected chi connectivity index (χ4v) is 3.94. The number of hydrogen-bond acceptors (Lipinski definition) is 7. The molecule has 2 fully saturated rings. The summed E-state index contributed by atoms with van der Waals surface area (Å²) >= 11 is 0. The van der Waals surface area contributed by atoms with Crippen molar-refractivity contribution in [3.8, 4) is 0 Å². The Morgan fingerprint density at radius 1 is 1.50 bits per heavy atom. The van der Waals surface area contributed by atoms with Crippen LogP contribution in [0.1, 0.15) is 13.3 Å². The van der Waals surface area contributed by atoms with Crippen molar-refractivity contribution in [1.82, 2.24) is 5.32 Å². The van der Waals surface area contributed by atoms with Crippen LogP contribution in [-0.2, 0) is 34.5 Å². The first-order valence-electron chi connectivity index (χ1n) is 6.77. The van der Waals surface area contributed by atoms with Crippen LogP contribution in [0.4, 0.5) is 0 Å². The molecule has 2 saturated heterocycles. The topological polar surface area (TPSA) is 108 Å². The van der Waals surface area contributed by atoms with Crippen molar-refractivity contribution in [2.45, 2.75) is 42.5 Å². The van der Waals surface area contributed by atoms with Gasteiger partial charge in [-0.3, -0.25) is 9.59 Å². The number of methoxy groups -OCH3 is 1. The van der Waals surface area contributed by atoms with Crippen molar-refractivity contribution in [3.63, 3.8) is 0 Å². The summed E-state index contributed by atoms with van der Waals surface area (Å²) < 4.78 is 38.9. The number of amides is 1. The standard InChI is InChI=1S/C13H19NO7S/c1-4-9(15)14-6-10(16)21-11-7-5-8(22(17)18)12(20-7)13(11,2)19-3/h4,7-8,11-12,22H,1,5-6H2,2-3H3,(H,14,15). The van der Waals surface area contributed by atoms with E-state index in [4.69, 9.17) is 14.2 Å². The van der Waals surface area contributed by atoms with E-state index in [9.17, 15) is 18.0 Å². The molecule has 0 spiro atoms. The number of carbonyl (C=O) groups excluding carboxylic acids is 2. The monoisotopic (exact) mass is 333 g/mol. The molecule has 0 radical (unpaired) electrons. The van der Waals surface area contributed by atoms with Gasteiger partial charge >= 0.3 is 5.97 Å². The minimum absolute atomic E-state index is 0.263. The van der Waals surface area contributed by atoms with Gasteiger partial charge in [0, 0.05) is 7.11 Å². The number of nitrogens with one attached hydrogen (secondary N) is 1. The van der Waals surface area contributed by atoms with Crippen molar-refractivity contribution >= 4 is 22.6 Å². The van der Waals surface area contributed by atoms with Crippen LogP contribution in [0, 0.1) is 0 Å². The molecule has 5 unspecified atom stereocenters. The third-order valence-corrected chi connectivity index (χ3v) is 5.20. The highest BCUT2D eigenvalue weighted by molar-refractivity contribution is 7.73. The number of fused-ring (bicyclic) bond motifs is 2. The third kappa shape index (κ3) is 2.88. The summed E-state index contributed by atoms with van der Waals surface area (Å²) in [5, 5.41) is 1.66. The second-order valence-corrected chi connectivity index (χ2v) is 6.64. The number of carbonyl (C=O) groups is 2. The van der Waals surface area contributed by atoms with E-state index >= 15 is 0 Å². The van der Waals surface area contributed by atoms with E-state index in [0.29, 0.717) is 0 Å². The summed E-state index contributed by atoms with van der Waals surface area (Å²) in [5.41, 5.74) is -1.04. The zero-order valence-corrected chi connectivity index (χ0v) is 13.2. The van der Waals surface area contributed by atoms with Gasteiger partial charge in [-0.1, -0.05) is 6.58 Å². The average Bonchev–Trinajstić information content (AvgIpc) is 3.04. The molecule has 9 heteroatoms. The second-order valence-electron chi connectivity index (χ2n) is 5.40. The smallest absolute Gasteiger partial charge is 0.325 e. The maximum Gasteiger partial charge on any atom is 0.325 e. The van der Waals surface area contributed by atoms with E-state index in [1.807, 2.05) is 0 Å². The third-order valence-electron chi connectivity index (χ3n) is 4.17. The van der Waals surface area contributed by atoms with Crippen molar-refractivity contribution in [3.05, 3.63) is 12.7 Å². The lowest BCUT2D eigenvalue weighted by molar-refractivity contribution is -0.167. The summed E-state index contributed by atoms with van der Waals surface area (Å²) in [7, 11) is -1.24. The molecule has 0 aromatic rings. The number of rotatable bonds is 6. The van der Waals surface area contributed by atoms with Crippen LogP contribution >= 0.6 is 0 Å². The lowest BCUT2D eigenvalue weighted by Gasteiger charge is -2.38. The van der Waals surface area contributed by atoms with Crippen LogP contribution in [0.2, 0.25) is 0 Å². The summed E-state index contributed by atoms with van der Waals surface area (Å²) in [6, 6.07) is 0. The van der Waals surface area contributed by atoms with Crippen molar-refractivity contribution < 1.29 is 32.2 Å². The molecule has 0 aliphatic carbocycles. The molecular weight excluding hydrogens is 314 g/mol. The highest BCUT2D eigenvalue weighted by atomic mass is 32.2. The van der Waals surface area contributed by atoms with Crippen LogP contribution in [-0.4, -0.2) is 63.1 Å². The fraction of sp³-hybridized carbons (Fsp3) is 0.692. The van der Waals surface area contributed by atoms with Gasteiger partial charge in [0.25, 0.3) is 0 Å². The van der Waals surface area contributed by atoms with Crippen LogP contribution < -0.4 is 5.32 Å². The zero-order valence-electron chi connectivity index (χ0n) is 12.3. The zero-order chi connectivity index (χ0) is 16.5. The summed E-state index contributed by atoms with van der Waals surface area (Å²) in [4.78, 5) is 22.8. The molecule has 0 saturated carbocycles. The maximum atomic E-state index is 11.8. The van der Waals surface area contributed by atoms with Gasteiger partial charge in [0.05, 0.1) is 11.4 Å². The highest BCUT2D eigenvalue weighted by Crippen LogP contribution is 2.46. The molecule has 124 valence electrons. The SMILES string of the molecule is C=CC(=O)NCC(=O)OC1C2CC([SH](=O)=O)C(O2)C1(C)OC. The van der Waals surface area contributed by atoms with E-state index in [1.165, 1.54) is 7.11 Å². The normalized spacial score (nSPS) is 36.3. The molecule has 1 amide bonds. The molecule has 0 aromatic carbocycles. The fourth-order valence-electron chi connectivity index (χ4n) is 2.98. The highest BCUT2D eigenvalue weighted by Gasteiger charge is 2.64. The summed E-state index contributed by atoms with van der Waals surface area (Å²) in [5.74, 6) is -1.14. The van der Waals surface area contributed by atoms with Gasteiger partial charge in [-0.05, 0) is 19.4 Å². The molecule has 1 N–H and O–H groups in total. The van der Waals surface area contributed by atoms with E-state index in [0.717, 1.165) is 6.08 Å². The molecule has 2 rings (SSSR count). The summed E-state index contributed by atoms with van der Waals surface area (Å²) in [6.45, 7) is 4.62. The first kappa shape index (κ1) is 16.9. The predicted octanol–water partition coefficient (Wildman–Crippen LogP) is -1.24. The molecule has 2 bridgehead atoms. The number of esters is 1. The Bertz CT molecular complexity index is 553. The van der Waals surface area contributed by atoms with Crippen molar-refractivity contribution in [2.24, 2.45) is 0 Å². The number of hydrogen-bond donors (Lipinski definition) is 2. The van der Waals surface area contributed by atoms with Gasteiger partial charge in [-0.2, -0.15) is 0 Å². The van der Waals surface area contributed by atoms with Gasteiger partial charge in [0.1, 0.15) is 29.0 Å². The number of thiol groups is 1. The lowest BCUT2D eigenvalue weighted by atomic mass is 9.83. The van der Waals surface area contributed by atoms with Gasteiger partial charge in [0.15, 0.2) is 6.10 Å². The van der Waals surface area contributed by atoms with Crippen LogP contribution in [0.25, 0.3) is 0 Å². The Kier molecular flexibility index (Phi) is 4.88. The quantitative estimate of drug-likeness (QED) is 0.355. The average molecular weight is 333 g/mol. The van der Waals surface area contributed by atoms with Crippen LogP contribution in [0.5, 0.6) is 0 Å². The molecule has 22 heavy (non-hydrogen) atoms. The number of ether oxygens (including phenoxy) is 3. The van der Waals surface area contributed by atoms with Gasteiger partial charge < -0.3 is 19.5 Å². The Hall–Kier alpha value is -1.45. The first-order valence-corrected chi connectivity index (χ1v) is 8.02. The molecule has 2 aliphatic heterocycles. The van der Waals surface area contributed by atoms with Gasteiger partial charge in [-0.15, -0.1) is 0 Å². The van der Waals surface area contributed by atoms with Crippen molar-refractivity contribution in [1.29, 1.82) is 0 Å². The molecule has 2 aliphatic rings. The van der Waals surface area contributed by atoms with Gasteiger partial charge in [0.2, 0.25) is 5.91 Å². The Morgan fingerprint density at radius 2 is 2.18 bits per heavy atom. The Balaban J connectivity index is 2.04. The second kappa shape index (κ2) is 6.35. The van der Waals surface area contributed by atoms with E-state index < -0.39 is 51.7 Å². The molecule has 5 atom stereocenters. The van der Waals surface area contributed by atoms with Crippen molar-refractivity contribution in [2.75, 3.05) is 13.7 Å². The minimum Gasteiger partial charge on any atom is -0.455 e. The molecule has 8 nitrogen and oxygen atoms in total. The maximum absolute atomic E-state index is 11.8. The Labute approximate surface area is 129 Å². The molecular formula is C13H19NO7S. The van der Waals surface area contributed by atoms with E-state index in [2.05, 4.69) is 11.9 Å². The molecule has 0 aromatic heterocycles. The lowest BCUT2D eigenvalue weighted by Crippen LogP contribution is -2.57. The van der Waals surface area contributed by atoms with Crippen LogP contribution in [0.3, 0.4) is 0 Å². The summed E-state index contributed by atoms with van der Waals surface area (Å²) in [6.07, 6.45) is -0.625. The minimum atomic E-state index is -2.65. The molecule has 2 heterocycles. The van der Waals surface area contributed by atoms with Gasteiger partial charge in [-0.25, -0.2) is 8.42 Å². The largest absolute Gasteiger partial charge is 0.455 e. The Morgan fingerprint density at radius 3 is 2.73 bits per heavy atom. The van der Waals surface area contributed by atoms with Crippen LogP contribution in [0.15, 0.2) is 12.7 Å².